The molecule has 2 aliphatic heterocycles. The van der Waals surface area contributed by atoms with E-state index in [1.807, 2.05) is 0 Å². The quantitative estimate of drug-likeness (QED) is 0.678. The highest BCUT2D eigenvalue weighted by atomic mass is 32.2. The summed E-state index contributed by atoms with van der Waals surface area (Å²) in [6.45, 7) is -0.235. The van der Waals surface area contributed by atoms with Crippen molar-refractivity contribution < 1.29 is 31.1 Å². The van der Waals surface area contributed by atoms with Crippen LogP contribution < -0.4 is 15.0 Å². The number of ether oxygens (including phenoxy) is 1. The third-order valence-corrected chi connectivity index (χ3v) is 8.42. The Bertz CT molecular complexity index is 1200. The molecule has 0 aromatic heterocycles. The maximum atomic E-state index is 13.0. The summed E-state index contributed by atoms with van der Waals surface area (Å²) in [6, 6.07) is 10.9. The number of methoxy groups -OCH3 is 1. The van der Waals surface area contributed by atoms with Gasteiger partial charge in [0.2, 0.25) is 5.91 Å². The number of rotatable bonds is 5. The largest absolute Gasteiger partial charge is 0.497 e. The molecular weight excluding hydrogens is 479 g/mol. The molecule has 1 N–H and O–H groups in total. The van der Waals surface area contributed by atoms with Crippen molar-refractivity contribution in [3.05, 3.63) is 54.1 Å². The fraction of sp³-hybridized carbons (Fsp3) is 0.333. The summed E-state index contributed by atoms with van der Waals surface area (Å²) in [5.41, 5.74) is -0.262. The number of carbonyl (C=O) groups is 1. The van der Waals surface area contributed by atoms with Gasteiger partial charge in [-0.1, -0.05) is 23.9 Å². The average molecular weight is 500 g/mol. The van der Waals surface area contributed by atoms with E-state index in [2.05, 4.69) is 10.3 Å². The van der Waals surface area contributed by atoms with Crippen molar-refractivity contribution in [2.45, 2.75) is 17.5 Å². The number of thioether (sulfide) groups is 1. The first-order valence-corrected chi connectivity index (χ1v) is 12.6. The molecule has 1 fully saturated rings. The maximum Gasteiger partial charge on any atom is 0.416 e. The number of anilines is 2. The van der Waals surface area contributed by atoms with Gasteiger partial charge in [-0.05, 0) is 30.3 Å². The second-order valence-corrected chi connectivity index (χ2v) is 11.0. The Labute approximate surface area is 192 Å². The van der Waals surface area contributed by atoms with Crippen LogP contribution in [0, 0.1) is 0 Å². The lowest BCUT2D eigenvalue weighted by atomic mass is 10.2. The Morgan fingerprint density at radius 2 is 1.97 bits per heavy atom. The van der Waals surface area contributed by atoms with Gasteiger partial charge in [0.15, 0.2) is 15.0 Å². The van der Waals surface area contributed by atoms with Gasteiger partial charge >= 0.3 is 6.18 Å². The molecule has 7 nitrogen and oxygen atoms in total. The highest BCUT2D eigenvalue weighted by Gasteiger charge is 2.44. The second-order valence-electron chi connectivity index (χ2n) is 7.63. The van der Waals surface area contributed by atoms with Crippen LogP contribution in [0.1, 0.15) is 5.56 Å². The number of sulfone groups is 1. The van der Waals surface area contributed by atoms with Crippen LogP contribution in [0.4, 0.5) is 24.5 Å². The summed E-state index contributed by atoms with van der Waals surface area (Å²) < 4.78 is 68.0. The SMILES string of the molecule is COc1cccc(N(CC(=O)Nc2cccc(C(F)(F)F)c2)C2=N[C@H]3CS(=O)(=O)C[C@H]3S2)c1. The van der Waals surface area contributed by atoms with Gasteiger partial charge in [-0.15, -0.1) is 0 Å². The number of fused-ring (bicyclic) bond motifs is 1. The molecule has 1 saturated heterocycles. The molecule has 0 unspecified atom stereocenters. The molecular formula is C21H20F3N3O4S2. The third kappa shape index (κ3) is 5.44. The van der Waals surface area contributed by atoms with E-state index in [0.717, 1.165) is 12.1 Å². The van der Waals surface area contributed by atoms with Gasteiger partial charge in [0.05, 0.1) is 30.2 Å². The van der Waals surface area contributed by atoms with E-state index in [4.69, 9.17) is 4.74 Å². The van der Waals surface area contributed by atoms with E-state index in [1.54, 1.807) is 29.2 Å². The Balaban J connectivity index is 1.57. The summed E-state index contributed by atoms with van der Waals surface area (Å²) in [7, 11) is -1.65. The van der Waals surface area contributed by atoms with E-state index >= 15 is 0 Å². The Hall–Kier alpha value is -2.73. The molecule has 0 saturated carbocycles. The fourth-order valence-corrected chi connectivity index (χ4v) is 7.42. The first-order chi connectivity index (χ1) is 15.5. The predicted octanol–water partition coefficient (Wildman–Crippen LogP) is 3.43. The standard InChI is InChI=1S/C21H20F3N3O4S2/c1-31-16-7-3-6-15(9-16)27(20-26-17-11-33(29,30)12-18(17)32-20)10-19(28)25-14-5-2-4-13(8-14)21(22,23)24/h2-9,17-18H,10-12H2,1H3,(H,25,28)/t17-,18+/m0/s1. The first kappa shape index (κ1) is 23.4. The van der Waals surface area contributed by atoms with Crippen LogP contribution in [0.5, 0.6) is 5.75 Å². The number of aliphatic imine (C=N–C) groups is 1. The van der Waals surface area contributed by atoms with E-state index in [9.17, 15) is 26.4 Å². The summed E-state index contributed by atoms with van der Waals surface area (Å²) in [4.78, 5) is 18.9. The highest BCUT2D eigenvalue weighted by Crippen LogP contribution is 2.37. The van der Waals surface area contributed by atoms with Crippen molar-refractivity contribution >= 4 is 44.0 Å². The summed E-state index contributed by atoms with van der Waals surface area (Å²) >= 11 is 1.28. The van der Waals surface area contributed by atoms with E-state index in [0.29, 0.717) is 16.6 Å². The predicted molar refractivity (Wildman–Crippen MR) is 122 cm³/mol. The molecule has 0 spiro atoms. The normalized spacial score (nSPS) is 21.3. The molecule has 0 aliphatic carbocycles. The van der Waals surface area contributed by atoms with Gasteiger partial charge < -0.3 is 15.0 Å². The Morgan fingerprint density at radius 1 is 1.21 bits per heavy atom. The summed E-state index contributed by atoms with van der Waals surface area (Å²) in [5.74, 6) is -0.0406. The van der Waals surface area contributed by atoms with E-state index in [1.165, 1.54) is 31.0 Å². The Morgan fingerprint density at radius 3 is 2.67 bits per heavy atom. The summed E-state index contributed by atoms with van der Waals surface area (Å²) in [5, 5.41) is 2.75. The Kier molecular flexibility index (Phi) is 6.32. The van der Waals surface area contributed by atoms with Gasteiger partial charge in [-0.25, -0.2) is 8.42 Å². The fourth-order valence-electron chi connectivity index (χ4n) is 3.64. The van der Waals surface area contributed by atoms with Crippen LogP contribution >= 0.6 is 11.8 Å². The molecule has 2 atom stereocenters. The maximum absolute atomic E-state index is 13.0. The minimum atomic E-state index is -4.53. The number of hydrogen-bond donors (Lipinski definition) is 1. The topological polar surface area (TPSA) is 88.1 Å². The lowest BCUT2D eigenvalue weighted by Crippen LogP contribution is -2.36. The first-order valence-electron chi connectivity index (χ1n) is 9.88. The zero-order valence-corrected chi connectivity index (χ0v) is 19.0. The molecule has 176 valence electrons. The average Bonchev–Trinajstić information content (AvgIpc) is 3.25. The van der Waals surface area contributed by atoms with Crippen molar-refractivity contribution in [1.82, 2.24) is 0 Å². The van der Waals surface area contributed by atoms with Crippen LogP contribution in [0.3, 0.4) is 0 Å². The molecule has 2 aromatic rings. The molecule has 0 bridgehead atoms. The molecule has 0 radical (unpaired) electrons. The number of amidine groups is 1. The highest BCUT2D eigenvalue weighted by molar-refractivity contribution is 8.15. The number of hydrogen-bond acceptors (Lipinski definition) is 7. The van der Waals surface area contributed by atoms with Crippen LogP contribution in [0.25, 0.3) is 0 Å². The molecule has 2 aliphatic rings. The second kappa shape index (κ2) is 8.90. The van der Waals surface area contributed by atoms with Crippen LogP contribution in [-0.2, 0) is 20.8 Å². The molecule has 1 amide bonds. The number of nitrogens with one attached hydrogen (secondary N) is 1. The van der Waals surface area contributed by atoms with Crippen LogP contribution in [-0.4, -0.2) is 55.9 Å². The lowest BCUT2D eigenvalue weighted by Gasteiger charge is -2.24. The van der Waals surface area contributed by atoms with Crippen molar-refractivity contribution in [2.75, 3.05) is 35.4 Å². The monoisotopic (exact) mass is 499 g/mol. The molecule has 4 rings (SSSR count). The van der Waals surface area contributed by atoms with Crippen LogP contribution in [0.2, 0.25) is 0 Å². The zero-order chi connectivity index (χ0) is 23.8. The molecule has 12 heteroatoms. The van der Waals surface area contributed by atoms with Gasteiger partial charge in [0, 0.05) is 22.7 Å². The molecule has 2 aromatic carbocycles. The number of amides is 1. The van der Waals surface area contributed by atoms with Crippen molar-refractivity contribution in [2.24, 2.45) is 4.99 Å². The van der Waals surface area contributed by atoms with Crippen molar-refractivity contribution in [3.63, 3.8) is 0 Å². The van der Waals surface area contributed by atoms with Gasteiger partial charge in [-0.3, -0.25) is 9.79 Å². The van der Waals surface area contributed by atoms with Crippen molar-refractivity contribution in [3.8, 4) is 5.75 Å². The van der Waals surface area contributed by atoms with Crippen LogP contribution in [0.15, 0.2) is 53.5 Å². The minimum Gasteiger partial charge on any atom is -0.497 e. The van der Waals surface area contributed by atoms with Gasteiger partial charge in [0.25, 0.3) is 0 Å². The number of halogens is 3. The smallest absolute Gasteiger partial charge is 0.416 e. The van der Waals surface area contributed by atoms with Gasteiger partial charge in [-0.2, -0.15) is 13.2 Å². The minimum absolute atomic E-state index is 0.0116. The summed E-state index contributed by atoms with van der Waals surface area (Å²) in [6.07, 6.45) is -4.53. The zero-order valence-electron chi connectivity index (χ0n) is 17.4. The number of carbonyl (C=O) groups excluding carboxylic acids is 1. The van der Waals surface area contributed by atoms with Crippen molar-refractivity contribution in [1.29, 1.82) is 0 Å². The van der Waals surface area contributed by atoms with E-state index in [-0.39, 0.29) is 29.0 Å². The molecule has 2 heterocycles. The number of benzene rings is 2. The van der Waals surface area contributed by atoms with E-state index < -0.39 is 33.5 Å². The molecule has 33 heavy (non-hydrogen) atoms. The lowest BCUT2D eigenvalue weighted by molar-refractivity contribution is -0.137. The number of alkyl halides is 3. The van der Waals surface area contributed by atoms with Gasteiger partial charge in [0.1, 0.15) is 12.3 Å². The number of nitrogens with zero attached hydrogens (tertiary/aromatic N) is 2. The third-order valence-electron chi connectivity index (χ3n) is 5.18.